The third kappa shape index (κ3) is 0.895. The van der Waals surface area contributed by atoms with E-state index in [4.69, 9.17) is 0 Å². The minimum absolute atomic E-state index is 0.00898. The number of para-hydroxylation sites is 1. The molecule has 2 spiro atoms. The Morgan fingerprint density at radius 3 is 2.42 bits per heavy atom. The molecule has 3 heterocycles. The van der Waals surface area contributed by atoms with Crippen molar-refractivity contribution in [2.24, 2.45) is 34.5 Å². The molecule has 9 rings (SSSR count). The Kier molecular flexibility index (Phi) is 1.65. The predicted molar refractivity (Wildman–Crippen MR) is 91.0 cm³/mol. The average Bonchev–Trinajstić information content (AvgIpc) is 3.40. The van der Waals surface area contributed by atoms with Gasteiger partial charge in [-0.2, -0.15) is 0 Å². The van der Waals surface area contributed by atoms with Crippen molar-refractivity contribution in [2.45, 2.75) is 24.6 Å². The summed E-state index contributed by atoms with van der Waals surface area (Å²) in [5, 5.41) is 10.3. The van der Waals surface area contributed by atoms with Gasteiger partial charge in [0, 0.05) is 10.8 Å². The molecule has 4 fully saturated rings. The molecular weight excluding hydrogens is 330 g/mol. The van der Waals surface area contributed by atoms with Crippen molar-refractivity contribution in [3.8, 4) is 5.69 Å². The molecule has 5 aliphatic carbocycles. The van der Waals surface area contributed by atoms with Gasteiger partial charge in [-0.3, -0.25) is 0 Å². The summed E-state index contributed by atoms with van der Waals surface area (Å²) in [6.07, 6.45) is 4.47. The number of benzene rings is 1. The number of aromatic nitrogens is 3. The summed E-state index contributed by atoms with van der Waals surface area (Å²) >= 11 is 0. The molecular formula is C20H17N3O3. The molecule has 8 unspecified atom stereocenters. The Labute approximate surface area is 148 Å². The molecule has 1 N–H and O–H groups in total. The zero-order valence-corrected chi connectivity index (χ0v) is 13.9. The maximum Gasteiger partial charge on any atom is 0.352 e. The monoisotopic (exact) mass is 347 g/mol. The molecule has 1 aromatic carbocycles. The number of nitrogens with zero attached hydrogens (tertiary/aromatic N) is 3. The van der Waals surface area contributed by atoms with Crippen LogP contribution in [0.1, 0.15) is 18.5 Å². The van der Waals surface area contributed by atoms with Gasteiger partial charge >= 0.3 is 11.4 Å². The first-order chi connectivity index (χ1) is 12.6. The van der Waals surface area contributed by atoms with E-state index in [1.807, 2.05) is 36.4 Å². The van der Waals surface area contributed by atoms with Crippen LogP contribution in [-0.2, 0) is 0 Å². The number of hydrogen-bond acceptors (Lipinski definition) is 3. The minimum atomic E-state index is -0.421. The molecule has 0 saturated heterocycles. The van der Waals surface area contributed by atoms with Crippen molar-refractivity contribution in [2.75, 3.05) is 0 Å². The topological polar surface area (TPSA) is 69.2 Å². The van der Waals surface area contributed by atoms with E-state index in [1.54, 1.807) is 9.36 Å². The molecule has 0 radical (unpaired) electrons. The van der Waals surface area contributed by atoms with Gasteiger partial charge in [-0.25, -0.2) is 23.5 Å². The van der Waals surface area contributed by atoms with Crippen LogP contribution in [0.25, 0.3) is 5.69 Å². The van der Waals surface area contributed by atoms with Gasteiger partial charge in [0.25, 0.3) is 0 Å². The van der Waals surface area contributed by atoms with E-state index in [2.05, 4.69) is 6.08 Å². The van der Waals surface area contributed by atoms with Crippen LogP contribution in [0.15, 0.2) is 52.1 Å². The smallest absolute Gasteiger partial charge is 0.352 e. The van der Waals surface area contributed by atoms with Gasteiger partial charge in [0.1, 0.15) is 0 Å². The Hall–Kier alpha value is -2.34. The highest BCUT2D eigenvalue weighted by atomic mass is 16.3. The van der Waals surface area contributed by atoms with Crippen molar-refractivity contribution < 1.29 is 5.11 Å². The van der Waals surface area contributed by atoms with Crippen LogP contribution >= 0.6 is 0 Å². The van der Waals surface area contributed by atoms with Crippen LogP contribution in [0, 0.1) is 34.5 Å². The lowest BCUT2D eigenvalue weighted by atomic mass is 9.67. The molecule has 2 aromatic rings. The molecule has 0 amide bonds. The summed E-state index contributed by atoms with van der Waals surface area (Å²) in [5.74, 6) is 2.30. The number of allylic oxidation sites excluding steroid dienone is 1. The first-order valence-electron chi connectivity index (χ1n) is 9.53. The van der Waals surface area contributed by atoms with Gasteiger partial charge in [0.2, 0.25) is 0 Å². The Balaban J connectivity index is 1.47. The number of hydrogen-bond donors (Lipinski definition) is 1. The average molecular weight is 347 g/mol. The van der Waals surface area contributed by atoms with E-state index in [0.717, 1.165) is 6.42 Å². The summed E-state index contributed by atoms with van der Waals surface area (Å²) in [5.41, 5.74) is 0.254. The predicted octanol–water partition coefficient (Wildman–Crippen LogP) is 0.709. The molecule has 26 heavy (non-hydrogen) atoms. The molecule has 4 saturated carbocycles. The third-order valence-corrected chi connectivity index (χ3v) is 8.81. The van der Waals surface area contributed by atoms with E-state index >= 15 is 0 Å². The molecule has 9 atom stereocenters. The third-order valence-electron chi connectivity index (χ3n) is 8.81. The van der Waals surface area contributed by atoms with Crippen LogP contribution in [-0.4, -0.2) is 25.1 Å². The second-order valence-corrected chi connectivity index (χ2v) is 9.13. The zero-order chi connectivity index (χ0) is 17.2. The van der Waals surface area contributed by atoms with Gasteiger partial charge in [0.05, 0.1) is 23.9 Å². The van der Waals surface area contributed by atoms with Gasteiger partial charge in [-0.1, -0.05) is 30.4 Å². The van der Waals surface area contributed by atoms with Crippen molar-refractivity contribution in [1.82, 2.24) is 13.9 Å². The summed E-state index contributed by atoms with van der Waals surface area (Å²) in [6.45, 7) is 0. The van der Waals surface area contributed by atoms with E-state index in [0.29, 0.717) is 29.4 Å². The molecule has 1 aromatic heterocycles. The van der Waals surface area contributed by atoms with Gasteiger partial charge in [-0.15, -0.1) is 0 Å². The summed E-state index contributed by atoms with van der Waals surface area (Å²) in [6, 6.07) is 9.41. The van der Waals surface area contributed by atoms with Crippen LogP contribution in [0.3, 0.4) is 0 Å². The number of aliphatic hydroxyl groups is 1. The first-order valence-corrected chi connectivity index (χ1v) is 9.53. The molecule has 2 aliphatic heterocycles. The minimum Gasteiger partial charge on any atom is -0.389 e. The van der Waals surface area contributed by atoms with Crippen LogP contribution in [0.5, 0.6) is 0 Å². The SMILES string of the molecule is O=c1n(-c2ccccc2)c(=O)n2n1C1C3C4C3C3C15C=C[C@@H](O)CC35C42. The number of rotatable bonds is 1. The van der Waals surface area contributed by atoms with E-state index < -0.39 is 6.10 Å². The van der Waals surface area contributed by atoms with Gasteiger partial charge in [-0.05, 0) is 42.2 Å². The highest BCUT2D eigenvalue weighted by Crippen LogP contribution is 3.03. The summed E-state index contributed by atoms with van der Waals surface area (Å²) in [4.78, 5) is 26.7. The fraction of sp³-hybridized carbons (Fsp3) is 0.500. The second kappa shape index (κ2) is 3.31. The standard InChI is InChI=1S/C20H17N3O3/c24-10-6-7-19-14-11-12-13(11)16(20(14,19)8-10)23-18(26)21(9-4-2-1-3-5-9)17(25)22(23)15(12)19/h1-7,10-16,24H,8H2/t10-,11?,12?,13?,14?,15?,16?,19?,20?/m1/s1. The lowest BCUT2D eigenvalue weighted by Gasteiger charge is -2.49. The molecule has 6 heteroatoms. The highest BCUT2D eigenvalue weighted by Gasteiger charge is 3.02. The maximum absolute atomic E-state index is 13.3. The van der Waals surface area contributed by atoms with Crippen molar-refractivity contribution >= 4 is 0 Å². The largest absolute Gasteiger partial charge is 0.389 e. The van der Waals surface area contributed by atoms with E-state index in [1.165, 1.54) is 4.57 Å². The highest BCUT2D eigenvalue weighted by molar-refractivity contribution is 5.54. The molecule has 2 bridgehead atoms. The number of aliphatic hydroxyl groups excluding tert-OH is 1. The van der Waals surface area contributed by atoms with Gasteiger partial charge in [0.15, 0.2) is 0 Å². The lowest BCUT2D eigenvalue weighted by Crippen LogP contribution is -2.53. The van der Waals surface area contributed by atoms with Crippen molar-refractivity contribution in [3.63, 3.8) is 0 Å². The molecule has 6 nitrogen and oxygen atoms in total. The Bertz CT molecular complexity index is 1190. The summed E-state index contributed by atoms with van der Waals surface area (Å²) < 4.78 is 4.93. The second-order valence-electron chi connectivity index (χ2n) is 9.13. The lowest BCUT2D eigenvalue weighted by molar-refractivity contribution is -0.00744. The van der Waals surface area contributed by atoms with Crippen molar-refractivity contribution in [3.05, 3.63) is 63.5 Å². The van der Waals surface area contributed by atoms with Crippen molar-refractivity contribution in [1.29, 1.82) is 0 Å². The summed E-state index contributed by atoms with van der Waals surface area (Å²) in [7, 11) is 0. The fourth-order valence-electron chi connectivity index (χ4n) is 8.52. The zero-order valence-electron chi connectivity index (χ0n) is 13.9. The van der Waals surface area contributed by atoms with E-state index in [9.17, 15) is 14.7 Å². The first kappa shape index (κ1) is 12.9. The van der Waals surface area contributed by atoms with Crippen LogP contribution in [0.4, 0.5) is 0 Å². The van der Waals surface area contributed by atoms with Gasteiger partial charge < -0.3 is 5.11 Å². The Morgan fingerprint density at radius 1 is 0.962 bits per heavy atom. The maximum atomic E-state index is 13.3. The fourth-order valence-corrected chi connectivity index (χ4v) is 8.52. The molecule has 7 aliphatic rings. The van der Waals surface area contributed by atoms with Crippen LogP contribution < -0.4 is 11.4 Å². The normalized spacial score (nSPS) is 52.0. The van der Waals surface area contributed by atoms with E-state index in [-0.39, 0.29) is 34.3 Å². The quantitative estimate of drug-likeness (QED) is 0.773. The Morgan fingerprint density at radius 2 is 1.65 bits per heavy atom. The van der Waals surface area contributed by atoms with Crippen LogP contribution in [0.2, 0.25) is 0 Å². The molecule has 130 valence electrons.